The van der Waals surface area contributed by atoms with Crippen LogP contribution in [0.3, 0.4) is 0 Å². The number of carbonyl (C=O) groups is 1. The number of aromatic nitrogens is 2. The monoisotopic (exact) mass is 434 g/mol. The highest BCUT2D eigenvalue weighted by molar-refractivity contribution is 9.11. The van der Waals surface area contributed by atoms with Crippen LogP contribution in [-0.4, -0.2) is 15.9 Å². The zero-order valence-corrected chi connectivity index (χ0v) is 13.5. The Kier molecular flexibility index (Phi) is 4.47. The number of rotatable bonds is 2. The first-order valence-electron chi connectivity index (χ1n) is 4.70. The number of hydrogen-bond donors (Lipinski definition) is 0. The van der Waals surface area contributed by atoms with Gasteiger partial charge in [0, 0.05) is 16.9 Å². The van der Waals surface area contributed by atoms with Crippen molar-refractivity contribution in [3.8, 4) is 5.75 Å². The summed E-state index contributed by atoms with van der Waals surface area (Å²) in [6, 6.07) is 3.56. The second kappa shape index (κ2) is 5.90. The van der Waals surface area contributed by atoms with Crippen molar-refractivity contribution in [2.24, 2.45) is 0 Å². The van der Waals surface area contributed by atoms with Crippen molar-refractivity contribution < 1.29 is 9.53 Å². The number of halogens is 3. The summed E-state index contributed by atoms with van der Waals surface area (Å²) in [5, 5.41) is 0. The van der Waals surface area contributed by atoms with E-state index in [4.69, 9.17) is 4.74 Å². The summed E-state index contributed by atoms with van der Waals surface area (Å²) in [5.41, 5.74) is 0.152. The first-order chi connectivity index (χ1) is 8.58. The Bertz CT molecular complexity index is 567. The number of nitrogens with zero attached hydrogens (tertiary/aromatic N) is 2. The molecule has 92 valence electrons. The van der Waals surface area contributed by atoms with Gasteiger partial charge in [-0.3, -0.25) is 4.98 Å². The molecule has 0 aliphatic rings. The van der Waals surface area contributed by atoms with Gasteiger partial charge in [0.05, 0.1) is 15.1 Å². The average Bonchev–Trinajstić information content (AvgIpc) is 2.34. The molecule has 0 aliphatic carbocycles. The van der Waals surface area contributed by atoms with E-state index >= 15 is 0 Å². The van der Waals surface area contributed by atoms with Crippen LogP contribution in [0, 0.1) is 0 Å². The molecule has 18 heavy (non-hydrogen) atoms. The van der Waals surface area contributed by atoms with Crippen LogP contribution in [0.15, 0.2) is 44.1 Å². The first-order valence-corrected chi connectivity index (χ1v) is 7.08. The molecule has 0 fully saturated rings. The van der Waals surface area contributed by atoms with Gasteiger partial charge in [-0.25, -0.2) is 9.78 Å². The molecule has 1 heterocycles. The Morgan fingerprint density at radius 2 is 1.78 bits per heavy atom. The Morgan fingerprint density at radius 3 is 2.33 bits per heavy atom. The third-order valence-electron chi connectivity index (χ3n) is 1.93. The van der Waals surface area contributed by atoms with E-state index in [2.05, 4.69) is 57.8 Å². The Hall–Kier alpha value is -0.790. The molecule has 0 bridgehead atoms. The van der Waals surface area contributed by atoms with Crippen LogP contribution in [0.1, 0.15) is 10.5 Å². The molecule has 0 saturated carbocycles. The second-order valence-corrected chi connectivity index (χ2v) is 5.80. The van der Waals surface area contributed by atoms with Crippen LogP contribution in [0.2, 0.25) is 0 Å². The maximum atomic E-state index is 11.8. The van der Waals surface area contributed by atoms with E-state index in [1.165, 1.54) is 18.6 Å². The quantitative estimate of drug-likeness (QED) is 0.528. The van der Waals surface area contributed by atoms with Gasteiger partial charge >= 0.3 is 5.97 Å². The molecule has 0 aliphatic heterocycles. The lowest BCUT2D eigenvalue weighted by atomic mass is 10.3. The molecule has 2 aromatic rings. The van der Waals surface area contributed by atoms with E-state index in [-0.39, 0.29) is 5.69 Å². The van der Waals surface area contributed by atoms with Crippen molar-refractivity contribution in [3.05, 3.63) is 49.8 Å². The van der Waals surface area contributed by atoms with Gasteiger partial charge in [-0.1, -0.05) is 15.9 Å². The molecule has 0 radical (unpaired) electrons. The number of esters is 1. The standard InChI is InChI=1S/C11H5Br3N2O2/c12-6-3-7(13)10(8(14)4-6)18-11(17)9-5-15-1-2-16-9/h1-5H. The first kappa shape index (κ1) is 13.6. The summed E-state index contributed by atoms with van der Waals surface area (Å²) in [4.78, 5) is 19.5. The number of benzene rings is 1. The number of hydrogen-bond acceptors (Lipinski definition) is 4. The minimum atomic E-state index is -0.563. The molecule has 0 amide bonds. The maximum absolute atomic E-state index is 11.8. The highest BCUT2D eigenvalue weighted by Crippen LogP contribution is 2.36. The SMILES string of the molecule is O=C(Oc1c(Br)cc(Br)cc1Br)c1cnccn1. The lowest BCUT2D eigenvalue weighted by molar-refractivity contribution is 0.0725. The van der Waals surface area contributed by atoms with Crippen LogP contribution in [-0.2, 0) is 0 Å². The van der Waals surface area contributed by atoms with Crippen molar-refractivity contribution in [2.75, 3.05) is 0 Å². The van der Waals surface area contributed by atoms with Gasteiger partial charge in [0.1, 0.15) is 0 Å². The molecule has 0 spiro atoms. The van der Waals surface area contributed by atoms with E-state index < -0.39 is 5.97 Å². The number of carbonyl (C=O) groups excluding carboxylic acids is 1. The average molecular weight is 437 g/mol. The van der Waals surface area contributed by atoms with Crippen molar-refractivity contribution in [2.45, 2.75) is 0 Å². The summed E-state index contributed by atoms with van der Waals surface area (Å²) >= 11 is 9.99. The van der Waals surface area contributed by atoms with E-state index in [1.807, 2.05) is 0 Å². The maximum Gasteiger partial charge on any atom is 0.364 e. The Labute approximate surface area is 128 Å². The van der Waals surface area contributed by atoms with Gasteiger partial charge in [-0.05, 0) is 44.0 Å². The Balaban J connectivity index is 2.28. The van der Waals surface area contributed by atoms with Gasteiger partial charge < -0.3 is 4.74 Å². The second-order valence-electron chi connectivity index (χ2n) is 3.18. The third kappa shape index (κ3) is 3.15. The van der Waals surface area contributed by atoms with E-state index in [1.54, 1.807) is 12.1 Å². The van der Waals surface area contributed by atoms with Crippen molar-refractivity contribution >= 4 is 53.8 Å². The Morgan fingerprint density at radius 1 is 1.11 bits per heavy atom. The van der Waals surface area contributed by atoms with Gasteiger partial charge in [-0.15, -0.1) is 0 Å². The van der Waals surface area contributed by atoms with Crippen LogP contribution >= 0.6 is 47.8 Å². The molecule has 4 nitrogen and oxygen atoms in total. The van der Waals surface area contributed by atoms with Crippen LogP contribution in [0.25, 0.3) is 0 Å². The molecule has 1 aromatic heterocycles. The summed E-state index contributed by atoms with van der Waals surface area (Å²) in [6.45, 7) is 0. The summed E-state index contributed by atoms with van der Waals surface area (Å²) in [5.74, 6) is -0.166. The molecular weight excluding hydrogens is 432 g/mol. The smallest absolute Gasteiger partial charge is 0.364 e. The van der Waals surface area contributed by atoms with Gasteiger partial charge in [0.2, 0.25) is 0 Å². The van der Waals surface area contributed by atoms with Crippen molar-refractivity contribution in [1.82, 2.24) is 9.97 Å². The van der Waals surface area contributed by atoms with Gasteiger partial charge in [0.25, 0.3) is 0 Å². The summed E-state index contributed by atoms with van der Waals surface area (Å²) in [6.07, 6.45) is 4.27. The van der Waals surface area contributed by atoms with Crippen LogP contribution < -0.4 is 4.74 Å². The molecule has 1 aromatic carbocycles. The molecule has 2 rings (SSSR count). The summed E-state index contributed by atoms with van der Waals surface area (Å²) < 4.78 is 7.43. The molecule has 0 saturated heterocycles. The fourth-order valence-corrected chi connectivity index (χ4v) is 3.60. The van der Waals surface area contributed by atoms with E-state index in [9.17, 15) is 4.79 Å². The zero-order valence-electron chi connectivity index (χ0n) is 8.73. The number of ether oxygens (including phenoxy) is 1. The predicted molar refractivity (Wildman–Crippen MR) is 76.5 cm³/mol. The summed E-state index contributed by atoms with van der Waals surface area (Å²) in [7, 11) is 0. The van der Waals surface area contributed by atoms with Crippen LogP contribution in [0.4, 0.5) is 0 Å². The molecular formula is C11H5Br3N2O2. The zero-order chi connectivity index (χ0) is 13.1. The van der Waals surface area contributed by atoms with Gasteiger partial charge in [-0.2, -0.15) is 0 Å². The highest BCUT2D eigenvalue weighted by atomic mass is 79.9. The van der Waals surface area contributed by atoms with Crippen molar-refractivity contribution in [1.29, 1.82) is 0 Å². The topological polar surface area (TPSA) is 52.1 Å². The minimum absolute atomic E-state index is 0.152. The van der Waals surface area contributed by atoms with Crippen molar-refractivity contribution in [3.63, 3.8) is 0 Å². The fourth-order valence-electron chi connectivity index (χ4n) is 1.18. The molecule has 7 heteroatoms. The molecule has 0 N–H and O–H groups in total. The predicted octanol–water partition coefficient (Wildman–Crippen LogP) is 3.98. The fraction of sp³-hybridized carbons (Fsp3) is 0. The normalized spacial score (nSPS) is 10.2. The van der Waals surface area contributed by atoms with Gasteiger partial charge in [0.15, 0.2) is 11.4 Å². The largest absolute Gasteiger partial charge is 0.419 e. The highest BCUT2D eigenvalue weighted by Gasteiger charge is 2.15. The third-order valence-corrected chi connectivity index (χ3v) is 3.57. The van der Waals surface area contributed by atoms with E-state index in [0.717, 1.165) is 4.47 Å². The minimum Gasteiger partial charge on any atom is -0.419 e. The molecule has 0 unspecified atom stereocenters. The molecule has 0 atom stereocenters. The lowest BCUT2D eigenvalue weighted by Gasteiger charge is -2.08. The van der Waals surface area contributed by atoms with Crippen LogP contribution in [0.5, 0.6) is 5.75 Å². The van der Waals surface area contributed by atoms with E-state index in [0.29, 0.717) is 14.7 Å². The lowest BCUT2D eigenvalue weighted by Crippen LogP contribution is -2.11.